The van der Waals surface area contributed by atoms with E-state index in [-0.39, 0.29) is 0 Å². The van der Waals surface area contributed by atoms with Gasteiger partial charge < -0.3 is 0 Å². The van der Waals surface area contributed by atoms with Crippen LogP contribution in [0, 0.1) is 0 Å². The number of pyridine rings is 1. The minimum absolute atomic E-state index is 0.744. The van der Waals surface area contributed by atoms with E-state index in [0.29, 0.717) is 0 Å². The Labute approximate surface area is 81.3 Å². The first kappa shape index (κ1) is 8.19. The Kier molecular flexibility index (Phi) is 2.23. The predicted molar refractivity (Wildman–Crippen MR) is 52.5 cm³/mol. The van der Waals surface area contributed by atoms with Gasteiger partial charge in [-0.3, -0.25) is 15.0 Å². The highest BCUT2D eigenvalue weighted by atomic mass is 32.1. The topological polar surface area (TPSA) is 38.7 Å². The smallest absolute Gasteiger partial charge is 0.108 e. The van der Waals surface area contributed by atoms with E-state index in [0.717, 1.165) is 16.3 Å². The van der Waals surface area contributed by atoms with Gasteiger partial charge in [-0.15, -0.1) is 12.6 Å². The molecule has 0 bridgehead atoms. The fourth-order valence-electron chi connectivity index (χ4n) is 1.02. The average Bonchev–Trinajstić information content (AvgIpc) is 2.20. The van der Waals surface area contributed by atoms with Crippen LogP contribution < -0.4 is 0 Å². The Morgan fingerprint density at radius 2 is 2.00 bits per heavy atom. The summed E-state index contributed by atoms with van der Waals surface area (Å²) in [5.41, 5.74) is 1.51. The summed E-state index contributed by atoms with van der Waals surface area (Å²) < 4.78 is 0. The summed E-state index contributed by atoms with van der Waals surface area (Å²) in [4.78, 5) is 13.1. The second-order valence-corrected chi connectivity index (χ2v) is 2.94. The van der Waals surface area contributed by atoms with Crippen LogP contribution in [0.5, 0.6) is 0 Å². The number of nitrogens with zero attached hydrogens (tertiary/aromatic N) is 3. The lowest BCUT2D eigenvalue weighted by atomic mass is 10.3. The number of hydrogen-bond donors (Lipinski definition) is 1. The molecule has 0 atom stereocenters. The molecule has 0 aliphatic rings. The molecule has 4 heteroatoms. The molecule has 13 heavy (non-hydrogen) atoms. The van der Waals surface area contributed by atoms with Crippen molar-refractivity contribution in [3.05, 3.63) is 36.9 Å². The highest BCUT2D eigenvalue weighted by Crippen LogP contribution is 2.20. The summed E-state index contributed by atoms with van der Waals surface area (Å²) in [6.07, 6.45) is 6.65. The summed E-state index contributed by atoms with van der Waals surface area (Å²) in [6, 6.07) is 3.71. The van der Waals surface area contributed by atoms with Crippen LogP contribution in [-0.2, 0) is 0 Å². The van der Waals surface area contributed by atoms with Gasteiger partial charge >= 0.3 is 0 Å². The first-order valence-corrected chi connectivity index (χ1v) is 4.23. The zero-order valence-electron chi connectivity index (χ0n) is 6.75. The van der Waals surface area contributed by atoms with E-state index < -0.39 is 0 Å². The van der Waals surface area contributed by atoms with E-state index in [1.165, 1.54) is 0 Å². The number of thiol groups is 1. The maximum absolute atomic E-state index is 4.28. The highest BCUT2D eigenvalue weighted by molar-refractivity contribution is 7.80. The van der Waals surface area contributed by atoms with Crippen LogP contribution in [0.4, 0.5) is 0 Å². The van der Waals surface area contributed by atoms with Crippen molar-refractivity contribution in [3.63, 3.8) is 0 Å². The Bertz CT molecular complexity index is 403. The van der Waals surface area contributed by atoms with Crippen LogP contribution in [0.1, 0.15) is 0 Å². The van der Waals surface area contributed by atoms with Crippen molar-refractivity contribution in [2.75, 3.05) is 0 Å². The predicted octanol–water partition coefficient (Wildman–Crippen LogP) is 1.83. The zero-order chi connectivity index (χ0) is 9.10. The van der Waals surface area contributed by atoms with E-state index in [2.05, 4.69) is 27.6 Å². The van der Waals surface area contributed by atoms with E-state index in [4.69, 9.17) is 0 Å². The fraction of sp³-hybridized carbons (Fsp3) is 0. The van der Waals surface area contributed by atoms with Gasteiger partial charge in [0.05, 0.1) is 6.20 Å². The molecule has 2 aromatic rings. The molecule has 0 radical (unpaired) electrons. The largest absolute Gasteiger partial charge is 0.261 e. The molecule has 0 aromatic carbocycles. The summed E-state index contributed by atoms with van der Waals surface area (Å²) in [7, 11) is 0. The molecule has 0 saturated carbocycles. The van der Waals surface area contributed by atoms with Gasteiger partial charge in [-0.1, -0.05) is 0 Å². The lowest BCUT2D eigenvalue weighted by molar-refractivity contribution is 1.15. The quantitative estimate of drug-likeness (QED) is 0.695. The van der Waals surface area contributed by atoms with Crippen LogP contribution in [0.15, 0.2) is 41.8 Å². The minimum Gasteiger partial charge on any atom is -0.261 e. The maximum Gasteiger partial charge on any atom is 0.108 e. The van der Waals surface area contributed by atoms with Crippen LogP contribution in [0.2, 0.25) is 0 Å². The van der Waals surface area contributed by atoms with Crippen molar-refractivity contribution in [2.45, 2.75) is 4.90 Å². The lowest BCUT2D eigenvalue weighted by Crippen LogP contribution is -1.88. The third-order valence-electron chi connectivity index (χ3n) is 1.59. The van der Waals surface area contributed by atoms with Gasteiger partial charge in [0.2, 0.25) is 0 Å². The molecule has 0 spiro atoms. The third-order valence-corrected chi connectivity index (χ3v) is 1.95. The molecule has 0 aliphatic carbocycles. The summed E-state index contributed by atoms with van der Waals surface area (Å²) >= 11 is 4.28. The van der Waals surface area contributed by atoms with Gasteiger partial charge in [0.25, 0.3) is 0 Å². The van der Waals surface area contributed by atoms with Gasteiger partial charge in [0, 0.05) is 23.5 Å². The van der Waals surface area contributed by atoms with Crippen molar-refractivity contribution < 1.29 is 0 Å². The van der Waals surface area contributed by atoms with Crippen LogP contribution in [0.3, 0.4) is 0 Å². The van der Waals surface area contributed by atoms with E-state index >= 15 is 0 Å². The second-order valence-electron chi connectivity index (χ2n) is 2.46. The standard InChI is InChI=1S/C9H7N3S/c13-8-2-1-3-12-9(8)7-6-10-4-5-11-7/h1-6,13H. The Balaban J connectivity index is 2.54. The molecule has 0 fully saturated rings. The molecule has 0 unspecified atom stereocenters. The van der Waals surface area contributed by atoms with Crippen molar-refractivity contribution in [1.29, 1.82) is 0 Å². The normalized spacial score (nSPS) is 9.92. The molecule has 3 nitrogen and oxygen atoms in total. The van der Waals surface area contributed by atoms with E-state index in [9.17, 15) is 0 Å². The number of aromatic nitrogens is 3. The van der Waals surface area contributed by atoms with Gasteiger partial charge in [0.1, 0.15) is 11.4 Å². The lowest BCUT2D eigenvalue weighted by Gasteiger charge is -2.00. The minimum atomic E-state index is 0.744. The first-order valence-electron chi connectivity index (χ1n) is 3.78. The average molecular weight is 189 g/mol. The van der Waals surface area contributed by atoms with Gasteiger partial charge in [-0.25, -0.2) is 0 Å². The molecule has 0 amide bonds. The molecule has 2 heterocycles. The van der Waals surface area contributed by atoms with Crippen molar-refractivity contribution in [2.24, 2.45) is 0 Å². The summed E-state index contributed by atoms with van der Waals surface area (Å²) in [5, 5.41) is 0. The molecule has 64 valence electrons. The fourth-order valence-corrected chi connectivity index (χ4v) is 1.27. The van der Waals surface area contributed by atoms with Crippen LogP contribution >= 0.6 is 12.6 Å². The number of rotatable bonds is 1. The molecular formula is C9H7N3S. The van der Waals surface area contributed by atoms with Crippen molar-refractivity contribution in [3.8, 4) is 11.4 Å². The Morgan fingerprint density at radius 3 is 2.69 bits per heavy atom. The van der Waals surface area contributed by atoms with Gasteiger partial charge in [-0.05, 0) is 12.1 Å². The Morgan fingerprint density at radius 1 is 1.08 bits per heavy atom. The van der Waals surface area contributed by atoms with Crippen molar-refractivity contribution >= 4 is 12.6 Å². The first-order chi connectivity index (χ1) is 6.38. The molecule has 0 aliphatic heterocycles. The zero-order valence-corrected chi connectivity index (χ0v) is 7.65. The van der Waals surface area contributed by atoms with Gasteiger partial charge in [-0.2, -0.15) is 0 Å². The summed E-state index contributed by atoms with van der Waals surface area (Å²) in [5.74, 6) is 0. The highest BCUT2D eigenvalue weighted by Gasteiger charge is 2.02. The monoisotopic (exact) mass is 189 g/mol. The second kappa shape index (κ2) is 3.53. The van der Waals surface area contributed by atoms with Gasteiger partial charge in [0.15, 0.2) is 0 Å². The SMILES string of the molecule is Sc1cccnc1-c1cnccn1. The molecule has 0 N–H and O–H groups in total. The third kappa shape index (κ3) is 1.67. The van der Waals surface area contributed by atoms with Crippen molar-refractivity contribution in [1.82, 2.24) is 15.0 Å². The number of hydrogen-bond acceptors (Lipinski definition) is 4. The molecule has 0 saturated heterocycles. The molecule has 2 aromatic heterocycles. The van der Waals surface area contributed by atoms with E-state index in [1.54, 1.807) is 24.8 Å². The summed E-state index contributed by atoms with van der Waals surface area (Å²) in [6.45, 7) is 0. The molecule has 2 rings (SSSR count). The maximum atomic E-state index is 4.28. The van der Waals surface area contributed by atoms with Crippen LogP contribution in [0.25, 0.3) is 11.4 Å². The molecular weight excluding hydrogens is 182 g/mol. The van der Waals surface area contributed by atoms with E-state index in [1.807, 2.05) is 12.1 Å². The Hall–Kier alpha value is -1.42. The van der Waals surface area contributed by atoms with Crippen LogP contribution in [-0.4, -0.2) is 15.0 Å².